The first-order valence-electron chi connectivity index (χ1n) is 3.67. The minimum Gasteiger partial charge on any atom is -0.317 e. The molecule has 0 aliphatic rings. The molecule has 0 bridgehead atoms. The van der Waals surface area contributed by atoms with Gasteiger partial charge in [0, 0.05) is 6.04 Å². The second-order valence-electron chi connectivity index (χ2n) is 2.63. The fourth-order valence-corrected chi connectivity index (χ4v) is 1.07. The summed E-state index contributed by atoms with van der Waals surface area (Å²) in [7, 11) is 1.54. The molecule has 11 heavy (non-hydrogen) atoms. The quantitative estimate of drug-likeness (QED) is 0.682. The highest BCUT2D eigenvalue weighted by Gasteiger charge is 2.40. The molecule has 0 rings (SSSR count). The molecule has 0 fully saturated rings. The SMILES string of the molecule is CCC(C(C)NC)C(F)(F)F. The summed E-state index contributed by atoms with van der Waals surface area (Å²) in [5, 5.41) is 2.60. The second kappa shape index (κ2) is 3.95. The van der Waals surface area contributed by atoms with Crippen molar-refractivity contribution in [3.63, 3.8) is 0 Å². The van der Waals surface area contributed by atoms with Gasteiger partial charge in [0.1, 0.15) is 0 Å². The Kier molecular flexibility index (Phi) is 3.86. The molecule has 0 radical (unpaired) electrons. The standard InChI is InChI=1S/C7H14F3N/c1-4-6(5(2)11-3)7(8,9)10/h5-6,11H,4H2,1-3H3. The van der Waals surface area contributed by atoms with E-state index in [0.29, 0.717) is 0 Å². The van der Waals surface area contributed by atoms with Crippen molar-refractivity contribution in [3.05, 3.63) is 0 Å². The van der Waals surface area contributed by atoms with Crippen molar-refractivity contribution in [2.75, 3.05) is 7.05 Å². The highest BCUT2D eigenvalue weighted by Crippen LogP contribution is 2.30. The van der Waals surface area contributed by atoms with Crippen LogP contribution >= 0.6 is 0 Å². The first kappa shape index (κ1) is 10.8. The zero-order chi connectivity index (χ0) is 9.07. The van der Waals surface area contributed by atoms with Crippen molar-refractivity contribution >= 4 is 0 Å². The fourth-order valence-electron chi connectivity index (χ4n) is 1.07. The Morgan fingerprint density at radius 3 is 1.91 bits per heavy atom. The summed E-state index contributed by atoms with van der Waals surface area (Å²) >= 11 is 0. The molecule has 0 aliphatic heterocycles. The normalized spacial score (nSPS) is 18.0. The Bertz CT molecular complexity index is 111. The Balaban J connectivity index is 4.16. The van der Waals surface area contributed by atoms with Gasteiger partial charge < -0.3 is 5.32 Å². The van der Waals surface area contributed by atoms with Crippen molar-refractivity contribution in [3.8, 4) is 0 Å². The summed E-state index contributed by atoms with van der Waals surface area (Å²) in [6.45, 7) is 3.09. The first-order chi connectivity index (χ1) is 4.93. The van der Waals surface area contributed by atoms with Gasteiger partial charge in [-0.3, -0.25) is 0 Å². The van der Waals surface area contributed by atoms with Crippen LogP contribution in [0.1, 0.15) is 20.3 Å². The van der Waals surface area contributed by atoms with Gasteiger partial charge in [0.05, 0.1) is 5.92 Å². The van der Waals surface area contributed by atoms with E-state index in [2.05, 4.69) is 5.32 Å². The van der Waals surface area contributed by atoms with Crippen molar-refractivity contribution in [1.82, 2.24) is 5.32 Å². The minimum atomic E-state index is -4.07. The lowest BCUT2D eigenvalue weighted by atomic mass is 9.98. The van der Waals surface area contributed by atoms with E-state index in [-0.39, 0.29) is 6.42 Å². The largest absolute Gasteiger partial charge is 0.393 e. The van der Waals surface area contributed by atoms with E-state index in [1.165, 1.54) is 0 Å². The number of nitrogens with one attached hydrogen (secondary N) is 1. The smallest absolute Gasteiger partial charge is 0.317 e. The van der Waals surface area contributed by atoms with Crippen molar-refractivity contribution in [1.29, 1.82) is 0 Å². The van der Waals surface area contributed by atoms with Crippen LogP contribution < -0.4 is 5.32 Å². The van der Waals surface area contributed by atoms with Crippen LogP contribution in [0, 0.1) is 5.92 Å². The van der Waals surface area contributed by atoms with Crippen molar-refractivity contribution in [2.24, 2.45) is 5.92 Å². The maximum absolute atomic E-state index is 12.1. The van der Waals surface area contributed by atoms with Crippen LogP contribution in [-0.2, 0) is 0 Å². The van der Waals surface area contributed by atoms with E-state index in [1.807, 2.05) is 0 Å². The third-order valence-electron chi connectivity index (χ3n) is 1.92. The molecule has 1 nitrogen and oxygen atoms in total. The molecule has 0 aromatic heterocycles. The van der Waals surface area contributed by atoms with E-state index in [1.54, 1.807) is 20.9 Å². The van der Waals surface area contributed by atoms with E-state index >= 15 is 0 Å². The van der Waals surface area contributed by atoms with E-state index in [0.717, 1.165) is 0 Å². The summed E-state index contributed by atoms with van der Waals surface area (Å²) in [4.78, 5) is 0. The third-order valence-corrected chi connectivity index (χ3v) is 1.92. The average molecular weight is 169 g/mol. The predicted molar refractivity (Wildman–Crippen MR) is 38.4 cm³/mol. The molecule has 0 aliphatic carbocycles. The van der Waals surface area contributed by atoms with Crippen molar-refractivity contribution < 1.29 is 13.2 Å². The molecule has 4 heteroatoms. The second-order valence-corrected chi connectivity index (χ2v) is 2.63. The topological polar surface area (TPSA) is 12.0 Å². The lowest BCUT2D eigenvalue weighted by Crippen LogP contribution is -2.39. The summed E-state index contributed by atoms with van der Waals surface area (Å²) in [6, 6.07) is -0.500. The highest BCUT2D eigenvalue weighted by atomic mass is 19.4. The van der Waals surface area contributed by atoms with E-state index in [4.69, 9.17) is 0 Å². The number of alkyl halides is 3. The molecule has 0 heterocycles. The number of rotatable bonds is 3. The molecule has 1 N–H and O–H groups in total. The zero-order valence-electron chi connectivity index (χ0n) is 7.00. The highest BCUT2D eigenvalue weighted by molar-refractivity contribution is 4.75. The Labute approximate surface area is 65.0 Å². The zero-order valence-corrected chi connectivity index (χ0v) is 7.00. The van der Waals surface area contributed by atoms with Gasteiger partial charge in [-0.05, 0) is 20.4 Å². The predicted octanol–water partition coefficient (Wildman–Crippen LogP) is 2.18. The summed E-state index contributed by atoms with van der Waals surface area (Å²) in [5.74, 6) is -1.23. The van der Waals surface area contributed by atoms with Crippen LogP contribution in [0.4, 0.5) is 13.2 Å². The average Bonchev–Trinajstić information content (AvgIpc) is 1.86. The van der Waals surface area contributed by atoms with Gasteiger partial charge in [0.15, 0.2) is 0 Å². The number of hydrogen-bond acceptors (Lipinski definition) is 1. The Hall–Kier alpha value is -0.250. The van der Waals surface area contributed by atoms with Crippen LogP contribution in [0.2, 0.25) is 0 Å². The van der Waals surface area contributed by atoms with E-state index in [9.17, 15) is 13.2 Å². The molecule has 0 spiro atoms. The lowest BCUT2D eigenvalue weighted by molar-refractivity contribution is -0.181. The number of halogens is 3. The van der Waals surface area contributed by atoms with Crippen LogP contribution in [-0.4, -0.2) is 19.3 Å². The molecule has 2 unspecified atom stereocenters. The van der Waals surface area contributed by atoms with Crippen LogP contribution in [0.15, 0.2) is 0 Å². The molecule has 0 aromatic rings. The monoisotopic (exact) mass is 169 g/mol. The maximum atomic E-state index is 12.1. The Morgan fingerprint density at radius 1 is 1.36 bits per heavy atom. The summed E-state index contributed by atoms with van der Waals surface area (Å²) in [5.41, 5.74) is 0. The fraction of sp³-hybridized carbons (Fsp3) is 1.00. The maximum Gasteiger partial charge on any atom is 0.393 e. The molecule has 0 saturated heterocycles. The van der Waals surface area contributed by atoms with Gasteiger partial charge in [-0.15, -0.1) is 0 Å². The van der Waals surface area contributed by atoms with Gasteiger partial charge in [0.2, 0.25) is 0 Å². The molecular formula is C7H14F3N. The summed E-state index contributed by atoms with van der Waals surface area (Å²) in [6.07, 6.45) is -3.94. The molecule has 0 saturated carbocycles. The number of hydrogen-bond donors (Lipinski definition) is 1. The molecule has 2 atom stereocenters. The van der Waals surface area contributed by atoms with Gasteiger partial charge >= 0.3 is 6.18 Å². The molecular weight excluding hydrogens is 155 g/mol. The van der Waals surface area contributed by atoms with E-state index < -0.39 is 18.1 Å². The van der Waals surface area contributed by atoms with Crippen LogP contribution in [0.5, 0.6) is 0 Å². The van der Waals surface area contributed by atoms with Crippen molar-refractivity contribution in [2.45, 2.75) is 32.5 Å². The first-order valence-corrected chi connectivity index (χ1v) is 3.67. The van der Waals surface area contributed by atoms with Gasteiger partial charge in [-0.25, -0.2) is 0 Å². The van der Waals surface area contributed by atoms with Gasteiger partial charge in [0.25, 0.3) is 0 Å². The summed E-state index contributed by atoms with van der Waals surface area (Å²) < 4.78 is 36.4. The minimum absolute atomic E-state index is 0.130. The van der Waals surface area contributed by atoms with Gasteiger partial charge in [-0.2, -0.15) is 13.2 Å². The molecule has 0 amide bonds. The van der Waals surface area contributed by atoms with Gasteiger partial charge in [-0.1, -0.05) is 6.92 Å². The van der Waals surface area contributed by atoms with Crippen LogP contribution in [0.3, 0.4) is 0 Å². The Morgan fingerprint density at radius 2 is 1.82 bits per heavy atom. The molecule has 0 aromatic carbocycles. The third kappa shape index (κ3) is 3.10. The van der Waals surface area contributed by atoms with Crippen LogP contribution in [0.25, 0.3) is 0 Å². The lowest BCUT2D eigenvalue weighted by Gasteiger charge is -2.24. The molecule has 68 valence electrons.